The van der Waals surface area contributed by atoms with Crippen LogP contribution in [0, 0.1) is 6.92 Å². The summed E-state index contributed by atoms with van der Waals surface area (Å²) in [6, 6.07) is -1.08. The van der Waals surface area contributed by atoms with Crippen LogP contribution in [0.3, 0.4) is 0 Å². The smallest absolute Gasteiger partial charge is 0.345 e. The van der Waals surface area contributed by atoms with E-state index in [1.54, 1.807) is 19.2 Å². The SMILES string of the molecule is Cc1nonc1C(=O)NCc1cn2ncc(CN3CC(C(F)(F)F)NC3=O)cc2n1. The van der Waals surface area contributed by atoms with Crippen molar-refractivity contribution >= 4 is 17.6 Å². The number of urea groups is 1. The first-order valence-corrected chi connectivity index (χ1v) is 8.73. The molecule has 0 bridgehead atoms. The monoisotopic (exact) mass is 424 g/mol. The highest BCUT2D eigenvalue weighted by Gasteiger charge is 2.46. The summed E-state index contributed by atoms with van der Waals surface area (Å²) in [5.74, 6) is -0.473. The molecule has 3 amide bonds. The second-order valence-electron chi connectivity index (χ2n) is 6.70. The van der Waals surface area contributed by atoms with Crippen molar-refractivity contribution in [2.45, 2.75) is 32.2 Å². The van der Waals surface area contributed by atoms with Crippen LogP contribution in [0.1, 0.15) is 27.4 Å². The molecule has 0 saturated carbocycles. The predicted molar refractivity (Wildman–Crippen MR) is 92.0 cm³/mol. The van der Waals surface area contributed by atoms with Crippen molar-refractivity contribution in [1.82, 2.24) is 40.4 Å². The van der Waals surface area contributed by atoms with Crippen LogP contribution >= 0.6 is 0 Å². The van der Waals surface area contributed by atoms with Gasteiger partial charge in [0.2, 0.25) is 0 Å². The molecule has 0 spiro atoms. The largest absolute Gasteiger partial charge is 0.410 e. The summed E-state index contributed by atoms with van der Waals surface area (Å²) < 4.78 is 44.3. The van der Waals surface area contributed by atoms with Crippen molar-refractivity contribution in [3.8, 4) is 0 Å². The zero-order valence-electron chi connectivity index (χ0n) is 15.5. The molecule has 30 heavy (non-hydrogen) atoms. The number of aromatic nitrogens is 5. The molecule has 2 N–H and O–H groups in total. The summed E-state index contributed by atoms with van der Waals surface area (Å²) in [4.78, 5) is 29.2. The molecule has 14 heteroatoms. The molecule has 0 aromatic carbocycles. The van der Waals surface area contributed by atoms with Gasteiger partial charge in [-0.2, -0.15) is 18.3 Å². The topological polar surface area (TPSA) is 131 Å². The molecule has 1 aliphatic rings. The number of hydrogen-bond acceptors (Lipinski definition) is 7. The number of fused-ring (bicyclic) bond motifs is 1. The highest BCUT2D eigenvalue weighted by molar-refractivity contribution is 5.92. The number of nitrogens with one attached hydrogen (secondary N) is 2. The van der Waals surface area contributed by atoms with Crippen molar-refractivity contribution in [3.63, 3.8) is 0 Å². The van der Waals surface area contributed by atoms with Crippen molar-refractivity contribution < 1.29 is 27.4 Å². The number of hydrogen-bond donors (Lipinski definition) is 2. The molecule has 4 heterocycles. The van der Waals surface area contributed by atoms with Gasteiger partial charge in [-0.25, -0.2) is 18.9 Å². The molecule has 1 saturated heterocycles. The van der Waals surface area contributed by atoms with Crippen molar-refractivity contribution in [3.05, 3.63) is 41.1 Å². The quantitative estimate of drug-likeness (QED) is 0.620. The molecule has 11 nitrogen and oxygen atoms in total. The number of nitrogens with zero attached hydrogens (tertiary/aromatic N) is 6. The third-order valence-corrected chi connectivity index (χ3v) is 4.48. The van der Waals surface area contributed by atoms with Gasteiger partial charge in [0.15, 0.2) is 11.3 Å². The van der Waals surface area contributed by atoms with Crippen LogP contribution < -0.4 is 10.6 Å². The second kappa shape index (κ2) is 7.27. The van der Waals surface area contributed by atoms with E-state index in [1.165, 1.54) is 10.7 Å². The first-order valence-electron chi connectivity index (χ1n) is 8.73. The highest BCUT2D eigenvalue weighted by Crippen LogP contribution is 2.25. The summed E-state index contributed by atoms with van der Waals surface area (Å²) in [6.45, 7) is 1.15. The third-order valence-electron chi connectivity index (χ3n) is 4.48. The van der Waals surface area contributed by atoms with Crippen molar-refractivity contribution in [1.29, 1.82) is 0 Å². The minimum atomic E-state index is -4.50. The molecule has 3 aromatic heterocycles. The van der Waals surface area contributed by atoms with Gasteiger partial charge in [0.1, 0.15) is 11.7 Å². The Morgan fingerprint density at radius 2 is 2.20 bits per heavy atom. The van der Waals surface area contributed by atoms with Crippen LogP contribution in [0.5, 0.6) is 0 Å². The van der Waals surface area contributed by atoms with Crippen LogP contribution in [-0.2, 0) is 13.1 Å². The van der Waals surface area contributed by atoms with Gasteiger partial charge in [0, 0.05) is 6.54 Å². The first-order chi connectivity index (χ1) is 14.2. The number of aryl methyl sites for hydroxylation is 1. The number of rotatable bonds is 5. The molecule has 1 fully saturated rings. The van der Waals surface area contributed by atoms with E-state index in [9.17, 15) is 22.8 Å². The predicted octanol–water partition coefficient (Wildman–Crippen LogP) is 0.807. The highest BCUT2D eigenvalue weighted by atomic mass is 19.4. The fourth-order valence-electron chi connectivity index (χ4n) is 2.96. The lowest BCUT2D eigenvalue weighted by Crippen LogP contribution is -2.40. The van der Waals surface area contributed by atoms with Gasteiger partial charge in [-0.15, -0.1) is 0 Å². The molecule has 158 valence electrons. The number of carbonyl (C=O) groups excluding carboxylic acids is 2. The summed E-state index contributed by atoms with van der Waals surface area (Å²) in [5.41, 5.74) is 1.86. The molecule has 4 rings (SSSR count). The first kappa shape index (κ1) is 19.6. The van der Waals surface area contributed by atoms with Crippen LogP contribution in [-0.4, -0.2) is 60.5 Å². The lowest BCUT2D eigenvalue weighted by molar-refractivity contribution is -0.149. The summed E-state index contributed by atoms with van der Waals surface area (Å²) in [6.07, 6.45) is -1.47. The van der Waals surface area contributed by atoms with E-state index in [0.29, 0.717) is 22.6 Å². The van der Waals surface area contributed by atoms with Gasteiger partial charge in [0.05, 0.1) is 31.2 Å². The van der Waals surface area contributed by atoms with E-state index in [-0.39, 0.29) is 18.8 Å². The normalized spacial score (nSPS) is 16.9. The van der Waals surface area contributed by atoms with Crippen molar-refractivity contribution in [2.75, 3.05) is 6.54 Å². The second-order valence-corrected chi connectivity index (χ2v) is 6.70. The molecular formula is C16H15F3N8O3. The number of carbonyl (C=O) groups is 2. The zero-order chi connectivity index (χ0) is 21.5. The molecule has 1 unspecified atom stereocenters. The molecule has 0 aliphatic carbocycles. The molecule has 1 atom stereocenters. The molecule has 1 aliphatic heterocycles. The van der Waals surface area contributed by atoms with E-state index < -0.39 is 30.7 Å². The summed E-state index contributed by atoms with van der Waals surface area (Å²) in [7, 11) is 0. The Morgan fingerprint density at radius 1 is 1.40 bits per heavy atom. The summed E-state index contributed by atoms with van der Waals surface area (Å²) >= 11 is 0. The molecule has 0 radical (unpaired) electrons. The fourth-order valence-corrected chi connectivity index (χ4v) is 2.96. The molecule has 3 aromatic rings. The summed E-state index contributed by atoms with van der Waals surface area (Å²) in [5, 5.41) is 15.7. The Balaban J connectivity index is 1.42. The Morgan fingerprint density at radius 3 is 2.87 bits per heavy atom. The Labute approximate surface area is 166 Å². The van der Waals surface area contributed by atoms with Crippen molar-refractivity contribution in [2.24, 2.45) is 0 Å². The van der Waals surface area contributed by atoms with E-state index >= 15 is 0 Å². The van der Waals surface area contributed by atoms with Gasteiger partial charge >= 0.3 is 12.2 Å². The Kier molecular flexibility index (Phi) is 4.75. The van der Waals surface area contributed by atoms with Gasteiger partial charge in [-0.1, -0.05) is 5.16 Å². The molecular weight excluding hydrogens is 409 g/mol. The average molecular weight is 424 g/mol. The van der Waals surface area contributed by atoms with Gasteiger partial charge in [-0.05, 0) is 23.7 Å². The zero-order valence-corrected chi connectivity index (χ0v) is 15.5. The minimum absolute atomic E-state index is 0.0424. The van der Waals surface area contributed by atoms with Gasteiger partial charge in [-0.3, -0.25) is 4.79 Å². The van der Waals surface area contributed by atoms with Crippen LogP contribution in [0.4, 0.5) is 18.0 Å². The van der Waals surface area contributed by atoms with E-state index in [1.807, 2.05) is 5.32 Å². The van der Waals surface area contributed by atoms with E-state index in [4.69, 9.17) is 0 Å². The van der Waals surface area contributed by atoms with Gasteiger partial charge in [0.25, 0.3) is 5.91 Å². The fraction of sp³-hybridized carbons (Fsp3) is 0.375. The Bertz CT molecular complexity index is 1110. The minimum Gasteiger partial charge on any atom is -0.345 e. The van der Waals surface area contributed by atoms with Crippen LogP contribution in [0.25, 0.3) is 5.65 Å². The number of amides is 3. The Hall–Kier alpha value is -3.71. The average Bonchev–Trinajstić information content (AvgIpc) is 3.38. The van der Waals surface area contributed by atoms with Gasteiger partial charge < -0.3 is 15.5 Å². The number of imidazole rings is 1. The van der Waals surface area contributed by atoms with Crippen LogP contribution in [0.15, 0.2) is 23.1 Å². The number of alkyl halides is 3. The van der Waals surface area contributed by atoms with Crippen LogP contribution in [0.2, 0.25) is 0 Å². The lowest BCUT2D eigenvalue weighted by Gasteiger charge is -2.15. The third kappa shape index (κ3) is 3.88. The van der Waals surface area contributed by atoms with E-state index in [2.05, 4.69) is 30.3 Å². The maximum atomic E-state index is 12.8. The lowest BCUT2D eigenvalue weighted by atomic mass is 10.2. The maximum absolute atomic E-state index is 12.8. The standard InChI is InChI=1S/C16H15F3N8O3/c1-8-13(25-30-24-8)14(28)20-4-10-6-27-12(22-10)2-9(3-21-27)5-26-7-11(16(17,18)19)23-15(26)29/h2-3,6,11H,4-5,7H2,1H3,(H,20,28)(H,23,29). The number of halogens is 3. The van der Waals surface area contributed by atoms with E-state index in [0.717, 1.165) is 4.90 Å². The maximum Gasteiger partial charge on any atom is 0.410 e.